The summed E-state index contributed by atoms with van der Waals surface area (Å²) < 4.78 is 24.2. The molecule has 0 radical (unpaired) electrons. The van der Waals surface area contributed by atoms with Crippen molar-refractivity contribution < 1.29 is 23.1 Å². The van der Waals surface area contributed by atoms with Crippen molar-refractivity contribution in [1.82, 2.24) is 10.2 Å². The Kier molecular flexibility index (Phi) is 9.53. The van der Waals surface area contributed by atoms with Crippen molar-refractivity contribution in [3.05, 3.63) is 65.2 Å². The van der Waals surface area contributed by atoms with Gasteiger partial charge in [-0.05, 0) is 72.4 Å². The lowest BCUT2D eigenvalue weighted by molar-refractivity contribution is -0.136. The number of carbonyl (C=O) groups excluding carboxylic acids is 1. The SMILES string of the molecule is CC(C)(C)C1CCC(N(Cc2ccc(C(=O)NCCC(=O)O)cc2)Cc2cccc(S(C)(=O)=O)c2)CC1. The summed E-state index contributed by atoms with van der Waals surface area (Å²) in [6.07, 6.45) is 5.65. The van der Waals surface area contributed by atoms with Gasteiger partial charge in [0.1, 0.15) is 0 Å². The van der Waals surface area contributed by atoms with E-state index in [-0.39, 0.29) is 18.9 Å². The van der Waals surface area contributed by atoms with Crippen LogP contribution in [-0.4, -0.2) is 49.1 Å². The molecular formula is C29H40N2O5S. The van der Waals surface area contributed by atoms with Crippen LogP contribution < -0.4 is 5.32 Å². The minimum Gasteiger partial charge on any atom is -0.481 e. The van der Waals surface area contributed by atoms with Crippen LogP contribution in [0.25, 0.3) is 0 Å². The van der Waals surface area contributed by atoms with Gasteiger partial charge in [-0.15, -0.1) is 0 Å². The monoisotopic (exact) mass is 528 g/mol. The summed E-state index contributed by atoms with van der Waals surface area (Å²) in [7, 11) is -3.28. The van der Waals surface area contributed by atoms with E-state index in [0.29, 0.717) is 40.9 Å². The lowest BCUT2D eigenvalue weighted by Crippen LogP contribution is -2.39. The van der Waals surface area contributed by atoms with E-state index in [2.05, 4.69) is 31.0 Å². The molecule has 2 N–H and O–H groups in total. The fourth-order valence-corrected chi connectivity index (χ4v) is 5.80. The molecule has 0 saturated heterocycles. The van der Waals surface area contributed by atoms with Crippen LogP contribution in [0.15, 0.2) is 53.4 Å². The number of aliphatic carboxylic acids is 1. The van der Waals surface area contributed by atoms with E-state index in [1.165, 1.54) is 19.1 Å². The number of hydrogen-bond acceptors (Lipinski definition) is 5. The smallest absolute Gasteiger partial charge is 0.305 e. The number of benzene rings is 2. The number of nitrogens with zero attached hydrogens (tertiary/aromatic N) is 1. The summed E-state index contributed by atoms with van der Waals surface area (Å²) in [4.78, 5) is 25.7. The van der Waals surface area contributed by atoms with E-state index in [1.807, 2.05) is 18.2 Å². The second-order valence-corrected chi connectivity index (χ2v) is 13.3. The first-order chi connectivity index (χ1) is 17.3. The zero-order valence-corrected chi connectivity index (χ0v) is 23.2. The molecule has 0 spiro atoms. The lowest BCUT2D eigenvalue weighted by Gasteiger charge is -2.41. The molecule has 8 heteroatoms. The fourth-order valence-electron chi connectivity index (χ4n) is 5.11. The van der Waals surface area contributed by atoms with Crippen molar-refractivity contribution >= 4 is 21.7 Å². The van der Waals surface area contributed by atoms with Crippen LogP contribution in [0.2, 0.25) is 0 Å². The Bertz CT molecular complexity index is 1180. The predicted octanol–water partition coefficient (Wildman–Crippen LogP) is 4.90. The minimum atomic E-state index is -3.28. The van der Waals surface area contributed by atoms with E-state index in [4.69, 9.17) is 5.11 Å². The standard InChI is InChI=1S/C29H40N2O5S/c1-29(2,3)24-12-14-25(15-13-24)31(20-22-6-5-7-26(18-22)37(4,35)36)19-21-8-10-23(11-9-21)28(34)30-17-16-27(32)33/h5-11,18,24-25H,12-17,19-20H2,1-4H3,(H,30,34)(H,32,33). The minimum absolute atomic E-state index is 0.0908. The largest absolute Gasteiger partial charge is 0.481 e. The number of nitrogens with one attached hydrogen (secondary N) is 1. The van der Waals surface area contributed by atoms with Crippen LogP contribution in [0.1, 0.15) is 74.4 Å². The zero-order chi connectivity index (χ0) is 27.2. The van der Waals surface area contributed by atoms with Gasteiger partial charge in [0.05, 0.1) is 11.3 Å². The molecule has 7 nitrogen and oxygen atoms in total. The topological polar surface area (TPSA) is 104 Å². The number of hydrogen-bond donors (Lipinski definition) is 2. The van der Waals surface area contributed by atoms with Gasteiger partial charge in [0.25, 0.3) is 5.91 Å². The van der Waals surface area contributed by atoms with Crippen molar-refractivity contribution in [2.45, 2.75) is 76.9 Å². The lowest BCUT2D eigenvalue weighted by atomic mass is 9.71. The van der Waals surface area contributed by atoms with Gasteiger partial charge in [-0.2, -0.15) is 0 Å². The molecule has 37 heavy (non-hydrogen) atoms. The van der Waals surface area contributed by atoms with Gasteiger partial charge in [0.15, 0.2) is 9.84 Å². The van der Waals surface area contributed by atoms with Gasteiger partial charge in [0, 0.05) is 37.5 Å². The molecule has 0 aromatic heterocycles. The first-order valence-corrected chi connectivity index (χ1v) is 14.8. The highest BCUT2D eigenvalue weighted by atomic mass is 32.2. The Balaban J connectivity index is 1.75. The van der Waals surface area contributed by atoms with Crippen LogP contribution in [0.4, 0.5) is 0 Å². The maximum absolute atomic E-state index is 12.3. The zero-order valence-electron chi connectivity index (χ0n) is 22.4. The molecule has 1 saturated carbocycles. The highest BCUT2D eigenvalue weighted by molar-refractivity contribution is 7.90. The summed E-state index contributed by atoms with van der Waals surface area (Å²) >= 11 is 0. The summed E-state index contributed by atoms with van der Waals surface area (Å²) in [5, 5.41) is 11.4. The molecule has 1 fully saturated rings. The van der Waals surface area contributed by atoms with Crippen molar-refractivity contribution in [3.8, 4) is 0 Å². The van der Waals surface area contributed by atoms with Gasteiger partial charge in [-0.1, -0.05) is 45.0 Å². The Hall–Kier alpha value is -2.71. The average Bonchev–Trinajstić information content (AvgIpc) is 2.83. The molecule has 1 aliphatic carbocycles. The van der Waals surface area contributed by atoms with E-state index in [9.17, 15) is 18.0 Å². The Labute approximate surface area is 221 Å². The highest BCUT2D eigenvalue weighted by Crippen LogP contribution is 2.39. The van der Waals surface area contributed by atoms with Crippen molar-refractivity contribution in [3.63, 3.8) is 0 Å². The van der Waals surface area contributed by atoms with Crippen molar-refractivity contribution in [1.29, 1.82) is 0 Å². The number of carbonyl (C=O) groups is 2. The quantitative estimate of drug-likeness (QED) is 0.455. The third kappa shape index (κ3) is 8.68. The van der Waals surface area contributed by atoms with Crippen molar-refractivity contribution in [2.75, 3.05) is 12.8 Å². The molecular weight excluding hydrogens is 488 g/mol. The summed E-state index contributed by atoms with van der Waals surface area (Å²) in [6, 6.07) is 15.0. The molecule has 2 aromatic carbocycles. The van der Waals surface area contributed by atoms with E-state index in [1.54, 1.807) is 30.3 Å². The van der Waals surface area contributed by atoms with E-state index in [0.717, 1.165) is 24.0 Å². The summed E-state index contributed by atoms with van der Waals surface area (Å²) in [6.45, 7) is 8.36. The normalized spacial score (nSPS) is 18.5. The second kappa shape index (κ2) is 12.2. The second-order valence-electron chi connectivity index (χ2n) is 11.3. The number of carboxylic acids is 1. The van der Waals surface area contributed by atoms with Gasteiger partial charge in [-0.3, -0.25) is 14.5 Å². The maximum Gasteiger partial charge on any atom is 0.305 e. The average molecular weight is 529 g/mol. The maximum atomic E-state index is 12.3. The summed E-state index contributed by atoms with van der Waals surface area (Å²) in [5.74, 6) is -0.546. The van der Waals surface area contributed by atoms with Gasteiger partial charge in [0.2, 0.25) is 0 Å². The summed E-state index contributed by atoms with van der Waals surface area (Å²) in [5.41, 5.74) is 2.82. The van der Waals surface area contributed by atoms with Gasteiger partial charge < -0.3 is 10.4 Å². The van der Waals surface area contributed by atoms with Crippen LogP contribution in [-0.2, 0) is 27.7 Å². The third-order valence-electron chi connectivity index (χ3n) is 7.38. The molecule has 2 aromatic rings. The van der Waals surface area contributed by atoms with Crippen molar-refractivity contribution in [2.24, 2.45) is 11.3 Å². The van der Waals surface area contributed by atoms with Crippen LogP contribution >= 0.6 is 0 Å². The first kappa shape index (κ1) is 28.9. The number of amides is 1. The van der Waals surface area contributed by atoms with Gasteiger partial charge >= 0.3 is 5.97 Å². The van der Waals surface area contributed by atoms with Crippen LogP contribution in [0.5, 0.6) is 0 Å². The molecule has 0 aliphatic heterocycles. The molecule has 3 rings (SSSR count). The van der Waals surface area contributed by atoms with E-state index < -0.39 is 15.8 Å². The Morgan fingerprint density at radius 1 is 0.973 bits per heavy atom. The molecule has 0 bridgehead atoms. The van der Waals surface area contributed by atoms with Crippen LogP contribution in [0.3, 0.4) is 0 Å². The fraction of sp³-hybridized carbons (Fsp3) is 0.517. The predicted molar refractivity (Wildman–Crippen MR) is 145 cm³/mol. The first-order valence-electron chi connectivity index (χ1n) is 12.9. The molecule has 1 aliphatic rings. The molecule has 0 heterocycles. The molecule has 0 atom stereocenters. The van der Waals surface area contributed by atoms with E-state index >= 15 is 0 Å². The number of rotatable bonds is 10. The number of carboxylic acid groups (broad SMARTS) is 1. The third-order valence-corrected chi connectivity index (χ3v) is 8.49. The van der Waals surface area contributed by atoms with Gasteiger partial charge in [-0.25, -0.2) is 8.42 Å². The number of sulfone groups is 1. The molecule has 1 amide bonds. The Morgan fingerprint density at radius 2 is 1.59 bits per heavy atom. The molecule has 0 unspecified atom stereocenters. The Morgan fingerprint density at radius 3 is 2.16 bits per heavy atom. The molecule has 202 valence electrons. The highest BCUT2D eigenvalue weighted by Gasteiger charge is 2.32. The van der Waals surface area contributed by atoms with Crippen LogP contribution in [0, 0.1) is 11.3 Å².